The number of nitrogens with one attached hydrogen (secondary N) is 5. The Morgan fingerprint density at radius 3 is 1.81 bits per heavy atom. The number of benzene rings is 1. The predicted molar refractivity (Wildman–Crippen MR) is 117 cm³/mol. The maximum Gasteiger partial charge on any atom is 0.246 e. The van der Waals surface area contributed by atoms with E-state index in [1.165, 1.54) is 27.7 Å². The molecule has 1 atom stereocenters. The second kappa shape index (κ2) is 9.37. The Kier molecular flexibility index (Phi) is 7.27. The molecule has 1 aromatic rings. The second-order valence-corrected chi connectivity index (χ2v) is 9.16. The van der Waals surface area contributed by atoms with E-state index in [1.54, 1.807) is 6.92 Å². The summed E-state index contributed by atoms with van der Waals surface area (Å²) in [4.78, 5) is 63.2. The zero-order chi connectivity index (χ0) is 24.2. The van der Waals surface area contributed by atoms with Crippen molar-refractivity contribution in [2.45, 2.75) is 57.7 Å². The highest BCUT2D eigenvalue weighted by Crippen LogP contribution is 2.17. The van der Waals surface area contributed by atoms with Gasteiger partial charge < -0.3 is 26.6 Å². The summed E-state index contributed by atoms with van der Waals surface area (Å²) in [5.41, 5.74) is -3.36. The zero-order valence-corrected chi connectivity index (χ0v) is 19.0. The van der Waals surface area contributed by atoms with E-state index in [4.69, 9.17) is 0 Å². The van der Waals surface area contributed by atoms with Crippen molar-refractivity contribution in [1.82, 2.24) is 26.6 Å². The Balaban J connectivity index is 2.39. The molecule has 1 unspecified atom stereocenters. The van der Waals surface area contributed by atoms with Crippen molar-refractivity contribution < 1.29 is 24.0 Å². The fourth-order valence-electron chi connectivity index (χ4n) is 3.14. The average Bonchev–Trinajstić information content (AvgIpc) is 2.69. The van der Waals surface area contributed by atoms with Crippen LogP contribution in [0.5, 0.6) is 0 Å². The van der Waals surface area contributed by atoms with Crippen LogP contribution in [0.4, 0.5) is 0 Å². The van der Waals surface area contributed by atoms with Crippen molar-refractivity contribution in [3.8, 4) is 0 Å². The lowest BCUT2D eigenvalue weighted by Crippen LogP contribution is -2.67. The third kappa shape index (κ3) is 6.29. The molecule has 0 saturated carbocycles. The van der Waals surface area contributed by atoms with Crippen LogP contribution in [0.1, 0.15) is 40.2 Å². The summed E-state index contributed by atoms with van der Waals surface area (Å²) in [7, 11) is 0. The molecule has 2 rings (SSSR count). The number of hydrogen-bond acceptors (Lipinski definition) is 5. The first-order valence-corrected chi connectivity index (χ1v) is 10.3. The third-order valence-electron chi connectivity index (χ3n) is 5.16. The first-order chi connectivity index (χ1) is 14.7. The van der Waals surface area contributed by atoms with Crippen molar-refractivity contribution in [2.24, 2.45) is 0 Å². The van der Waals surface area contributed by atoms with Crippen LogP contribution < -0.4 is 26.6 Å². The minimum absolute atomic E-state index is 0.155. The van der Waals surface area contributed by atoms with Gasteiger partial charge in [-0.1, -0.05) is 30.3 Å². The highest BCUT2D eigenvalue weighted by molar-refractivity contribution is 6.00. The first-order valence-electron chi connectivity index (χ1n) is 10.3. The molecule has 10 nitrogen and oxygen atoms in total. The fourth-order valence-corrected chi connectivity index (χ4v) is 3.14. The van der Waals surface area contributed by atoms with Crippen LogP contribution >= 0.6 is 0 Å². The Labute approximate surface area is 187 Å². The van der Waals surface area contributed by atoms with Gasteiger partial charge in [-0.2, -0.15) is 0 Å². The topological polar surface area (TPSA) is 146 Å². The third-order valence-corrected chi connectivity index (χ3v) is 5.16. The quantitative estimate of drug-likeness (QED) is 0.402. The maximum atomic E-state index is 13.3. The summed E-state index contributed by atoms with van der Waals surface area (Å²) >= 11 is 0. The van der Waals surface area contributed by atoms with E-state index in [-0.39, 0.29) is 19.5 Å². The maximum absolute atomic E-state index is 13.3. The van der Waals surface area contributed by atoms with E-state index in [0.29, 0.717) is 0 Å². The molecule has 32 heavy (non-hydrogen) atoms. The summed E-state index contributed by atoms with van der Waals surface area (Å²) in [6.07, 6.45) is 0.155. The van der Waals surface area contributed by atoms with Gasteiger partial charge in [0, 0.05) is 6.42 Å². The highest BCUT2D eigenvalue weighted by atomic mass is 16.2. The Morgan fingerprint density at radius 2 is 1.19 bits per heavy atom. The minimum Gasteiger partial charge on any atom is -0.346 e. The van der Waals surface area contributed by atoms with Crippen molar-refractivity contribution in [3.05, 3.63) is 35.9 Å². The molecular weight excluding hydrogens is 414 g/mol. The summed E-state index contributed by atoms with van der Waals surface area (Å²) < 4.78 is 0. The van der Waals surface area contributed by atoms with Crippen LogP contribution in [0.2, 0.25) is 0 Å². The summed E-state index contributed by atoms with van der Waals surface area (Å²) in [6.45, 7) is 6.78. The van der Waals surface area contributed by atoms with Gasteiger partial charge in [-0.05, 0) is 40.2 Å². The summed E-state index contributed by atoms with van der Waals surface area (Å²) in [5, 5.41) is 12.8. The molecule has 1 saturated heterocycles. The van der Waals surface area contributed by atoms with Crippen LogP contribution in [0.25, 0.3) is 0 Å². The molecule has 1 fully saturated rings. The van der Waals surface area contributed by atoms with Gasteiger partial charge in [-0.25, -0.2) is 0 Å². The van der Waals surface area contributed by atoms with E-state index in [9.17, 15) is 24.0 Å². The van der Waals surface area contributed by atoms with E-state index < -0.39 is 46.2 Å². The second-order valence-electron chi connectivity index (χ2n) is 9.16. The molecule has 174 valence electrons. The van der Waals surface area contributed by atoms with Crippen LogP contribution in [0, 0.1) is 0 Å². The molecule has 10 heteroatoms. The molecule has 0 bridgehead atoms. The molecule has 0 aliphatic carbocycles. The highest BCUT2D eigenvalue weighted by Gasteiger charge is 2.42. The molecule has 0 radical (unpaired) electrons. The largest absolute Gasteiger partial charge is 0.346 e. The lowest BCUT2D eigenvalue weighted by atomic mass is 9.89. The molecule has 0 spiro atoms. The molecule has 1 aliphatic heterocycles. The number of hydrogen-bond donors (Lipinski definition) is 5. The lowest BCUT2D eigenvalue weighted by Gasteiger charge is -2.36. The first kappa shape index (κ1) is 24.8. The predicted octanol–water partition coefficient (Wildman–Crippen LogP) is -0.860. The molecule has 1 aromatic carbocycles. The monoisotopic (exact) mass is 445 g/mol. The van der Waals surface area contributed by atoms with Gasteiger partial charge in [-0.15, -0.1) is 0 Å². The number of rotatable bonds is 2. The summed E-state index contributed by atoms with van der Waals surface area (Å²) in [6, 6.07) is 9.10. The molecule has 5 N–H and O–H groups in total. The van der Waals surface area contributed by atoms with Gasteiger partial charge in [0.1, 0.15) is 16.6 Å². The van der Waals surface area contributed by atoms with E-state index in [0.717, 1.165) is 5.56 Å². The van der Waals surface area contributed by atoms with Crippen molar-refractivity contribution >= 4 is 29.5 Å². The molecule has 1 heterocycles. The van der Waals surface area contributed by atoms with Crippen molar-refractivity contribution in [2.75, 3.05) is 13.1 Å². The number of carbonyl (C=O) groups is 5. The van der Waals surface area contributed by atoms with Crippen molar-refractivity contribution in [3.63, 3.8) is 0 Å². The minimum atomic E-state index is -1.41. The standard InChI is InChI=1S/C22H31N5O5/c1-20(2)17(30)24-12-15(28)23-13-16(29)25-22(5,11-14-9-7-6-8-10-14)19(32)27-21(3,4)18(31)26-20/h6-10H,11-13H2,1-5H3,(H,23,28)(H,24,30)(H,25,29)(H,26,31)(H,27,32). The number of carbonyl (C=O) groups excluding carboxylic acids is 5. The Hall–Kier alpha value is -3.43. The SMILES string of the molecule is CC1(C)NC(=O)C(C)(C)NC(=O)C(C)(Cc2ccccc2)NC(=O)CNC(=O)CNC1=O. The van der Waals surface area contributed by atoms with Crippen LogP contribution in [-0.4, -0.2) is 59.2 Å². The molecule has 0 aromatic heterocycles. The van der Waals surface area contributed by atoms with Crippen LogP contribution in [-0.2, 0) is 30.4 Å². The normalized spacial score (nSPS) is 24.6. The molecule has 1 aliphatic rings. The van der Waals surface area contributed by atoms with Gasteiger partial charge in [0.25, 0.3) is 0 Å². The van der Waals surface area contributed by atoms with Gasteiger partial charge in [0.2, 0.25) is 29.5 Å². The van der Waals surface area contributed by atoms with E-state index in [2.05, 4.69) is 26.6 Å². The lowest BCUT2D eigenvalue weighted by molar-refractivity contribution is -0.139. The van der Waals surface area contributed by atoms with Gasteiger partial charge in [0.05, 0.1) is 13.1 Å². The van der Waals surface area contributed by atoms with Gasteiger partial charge in [-0.3, -0.25) is 24.0 Å². The van der Waals surface area contributed by atoms with E-state index in [1.807, 2.05) is 30.3 Å². The Bertz CT molecular complexity index is 913. The van der Waals surface area contributed by atoms with Gasteiger partial charge >= 0.3 is 0 Å². The smallest absolute Gasteiger partial charge is 0.246 e. The fraction of sp³-hybridized carbons (Fsp3) is 0.500. The Morgan fingerprint density at radius 1 is 0.656 bits per heavy atom. The van der Waals surface area contributed by atoms with Crippen molar-refractivity contribution in [1.29, 1.82) is 0 Å². The van der Waals surface area contributed by atoms with E-state index >= 15 is 0 Å². The van der Waals surface area contributed by atoms with Crippen LogP contribution in [0.15, 0.2) is 30.3 Å². The average molecular weight is 446 g/mol. The number of amides is 5. The van der Waals surface area contributed by atoms with Crippen LogP contribution in [0.3, 0.4) is 0 Å². The zero-order valence-electron chi connectivity index (χ0n) is 19.0. The van der Waals surface area contributed by atoms with Gasteiger partial charge in [0.15, 0.2) is 0 Å². The molecule has 5 amide bonds. The summed E-state index contributed by atoms with van der Waals surface area (Å²) in [5.74, 6) is -2.94. The molecular formula is C22H31N5O5.